The summed E-state index contributed by atoms with van der Waals surface area (Å²) in [5.41, 5.74) is 2.57. The van der Waals surface area contributed by atoms with Crippen LogP contribution in [-0.4, -0.2) is 11.9 Å². The van der Waals surface area contributed by atoms with Gasteiger partial charge in [-0.25, -0.2) is 0 Å². The van der Waals surface area contributed by atoms with Crippen LogP contribution in [0.3, 0.4) is 0 Å². The Labute approximate surface area is 314 Å². The number of rotatable bonds is 34. The fourth-order valence-corrected chi connectivity index (χ4v) is 6.88. The third-order valence-electron chi connectivity index (χ3n) is 10.2. The maximum atomic E-state index is 12.3. The Hall–Kier alpha value is -2.62. The number of aryl methyl sites for hydroxylation is 2. The van der Waals surface area contributed by atoms with Gasteiger partial charge in [0.1, 0.15) is 11.5 Å². The molecule has 2 aromatic rings. The highest BCUT2D eigenvalue weighted by molar-refractivity contribution is 5.75. The van der Waals surface area contributed by atoms with E-state index in [4.69, 9.17) is 9.47 Å². The van der Waals surface area contributed by atoms with Crippen molar-refractivity contribution >= 4 is 11.9 Å². The lowest BCUT2D eigenvalue weighted by molar-refractivity contribution is -0.136. The van der Waals surface area contributed by atoms with Gasteiger partial charge in [0.2, 0.25) is 0 Å². The fraction of sp³-hybridized carbons (Fsp3) is 0.702. The molecule has 2 rings (SSSR count). The average Bonchev–Trinajstić information content (AvgIpc) is 3.13. The minimum Gasteiger partial charge on any atom is -0.427 e. The minimum atomic E-state index is -0.315. The molecule has 0 atom stereocenters. The number of carbonyl (C=O) groups is 2. The highest BCUT2D eigenvalue weighted by Gasteiger charge is 2.10. The summed E-state index contributed by atoms with van der Waals surface area (Å²) in [5, 5.41) is 0. The van der Waals surface area contributed by atoms with E-state index in [1.165, 1.54) is 178 Å². The molecule has 0 saturated carbocycles. The number of benzene rings is 2. The molecular weight excluding hydrogens is 629 g/mol. The molecule has 0 aromatic heterocycles. The highest BCUT2D eigenvalue weighted by atomic mass is 16.5. The van der Waals surface area contributed by atoms with Crippen LogP contribution >= 0.6 is 0 Å². The van der Waals surface area contributed by atoms with Crippen molar-refractivity contribution in [2.75, 3.05) is 0 Å². The third kappa shape index (κ3) is 25.9. The second kappa shape index (κ2) is 32.1. The third-order valence-corrected chi connectivity index (χ3v) is 10.2. The number of hydrogen-bond donors (Lipinski definition) is 0. The maximum absolute atomic E-state index is 12.3. The summed E-state index contributed by atoms with van der Waals surface area (Å²) in [7, 11) is 0. The standard InChI is InChI=1S/C47H76O4/c1-3-5-7-9-11-13-15-17-19-21-23-25-27-30-42-34-38-44(39-35-42)50-46(48)32-29-33-47(49)51-45-40-36-43(37-41-45)31-28-26-24-22-20-18-16-14-12-10-8-6-4-2/h34-41H,3-33H2,1-2H3. The van der Waals surface area contributed by atoms with Gasteiger partial charge in [-0.3, -0.25) is 9.59 Å². The van der Waals surface area contributed by atoms with Crippen molar-refractivity contribution in [3.63, 3.8) is 0 Å². The molecule has 0 radical (unpaired) electrons. The molecule has 4 heteroatoms. The van der Waals surface area contributed by atoms with Crippen molar-refractivity contribution in [3.05, 3.63) is 59.7 Å². The van der Waals surface area contributed by atoms with Gasteiger partial charge in [-0.2, -0.15) is 0 Å². The van der Waals surface area contributed by atoms with Crippen LogP contribution in [0.1, 0.15) is 211 Å². The summed E-state index contributed by atoms with van der Waals surface area (Å²) in [4.78, 5) is 24.7. The van der Waals surface area contributed by atoms with Gasteiger partial charge in [0.25, 0.3) is 0 Å². The van der Waals surface area contributed by atoms with Crippen molar-refractivity contribution < 1.29 is 19.1 Å². The van der Waals surface area contributed by atoms with Crippen molar-refractivity contribution in [1.82, 2.24) is 0 Å². The lowest BCUT2D eigenvalue weighted by Gasteiger charge is -2.07. The van der Waals surface area contributed by atoms with E-state index in [-0.39, 0.29) is 24.8 Å². The molecule has 0 N–H and O–H groups in total. The predicted molar refractivity (Wildman–Crippen MR) is 217 cm³/mol. The Balaban J connectivity index is 1.43. The van der Waals surface area contributed by atoms with E-state index in [2.05, 4.69) is 38.1 Å². The Morgan fingerprint density at radius 3 is 0.882 bits per heavy atom. The smallest absolute Gasteiger partial charge is 0.311 e. The van der Waals surface area contributed by atoms with E-state index in [1.807, 2.05) is 24.3 Å². The molecule has 2 aromatic carbocycles. The molecule has 0 aliphatic rings. The van der Waals surface area contributed by atoms with Gasteiger partial charge >= 0.3 is 11.9 Å². The predicted octanol–water partition coefficient (Wildman–Crippen LogP) is 14.6. The first kappa shape index (κ1) is 44.5. The van der Waals surface area contributed by atoms with E-state index in [0.29, 0.717) is 17.9 Å². The molecule has 51 heavy (non-hydrogen) atoms. The second-order valence-electron chi connectivity index (χ2n) is 15.1. The molecule has 0 aliphatic heterocycles. The summed E-state index contributed by atoms with van der Waals surface area (Å²) in [6, 6.07) is 15.8. The number of hydrogen-bond acceptors (Lipinski definition) is 4. The lowest BCUT2D eigenvalue weighted by Crippen LogP contribution is -2.11. The highest BCUT2D eigenvalue weighted by Crippen LogP contribution is 2.19. The SMILES string of the molecule is CCCCCCCCCCCCCCCc1ccc(OC(=O)CCCC(=O)Oc2ccc(CCCCCCCCCCCCCCC)cc2)cc1. The van der Waals surface area contributed by atoms with Crippen LogP contribution in [0.5, 0.6) is 11.5 Å². The molecule has 0 unspecified atom stereocenters. The van der Waals surface area contributed by atoms with Crippen LogP contribution in [0.25, 0.3) is 0 Å². The molecule has 0 fully saturated rings. The van der Waals surface area contributed by atoms with Crippen molar-refractivity contribution in [3.8, 4) is 11.5 Å². The van der Waals surface area contributed by atoms with Crippen LogP contribution < -0.4 is 9.47 Å². The molecule has 0 heterocycles. The van der Waals surface area contributed by atoms with Crippen LogP contribution in [0, 0.1) is 0 Å². The van der Waals surface area contributed by atoms with Gasteiger partial charge in [-0.05, 0) is 67.5 Å². The van der Waals surface area contributed by atoms with Crippen molar-refractivity contribution in [2.24, 2.45) is 0 Å². The zero-order valence-corrected chi connectivity index (χ0v) is 33.2. The average molecular weight is 705 g/mol. The van der Waals surface area contributed by atoms with Gasteiger partial charge in [0, 0.05) is 12.8 Å². The molecule has 288 valence electrons. The molecule has 4 nitrogen and oxygen atoms in total. The van der Waals surface area contributed by atoms with Crippen LogP contribution in [0.15, 0.2) is 48.5 Å². The van der Waals surface area contributed by atoms with Crippen LogP contribution in [-0.2, 0) is 22.4 Å². The zero-order valence-electron chi connectivity index (χ0n) is 33.2. The van der Waals surface area contributed by atoms with Gasteiger partial charge in [-0.15, -0.1) is 0 Å². The Morgan fingerprint density at radius 2 is 0.608 bits per heavy atom. The van der Waals surface area contributed by atoms with E-state index in [1.54, 1.807) is 0 Å². The van der Waals surface area contributed by atoms with Gasteiger partial charge in [-0.1, -0.05) is 192 Å². The van der Waals surface area contributed by atoms with E-state index in [0.717, 1.165) is 12.8 Å². The summed E-state index contributed by atoms with van der Waals surface area (Å²) in [6.07, 6.45) is 38.4. The Kier molecular flexibility index (Phi) is 28.0. The van der Waals surface area contributed by atoms with Crippen LogP contribution in [0.4, 0.5) is 0 Å². The molecule has 0 spiro atoms. The first-order chi connectivity index (χ1) is 25.1. The zero-order chi connectivity index (χ0) is 36.5. The number of ether oxygens (including phenoxy) is 2. The van der Waals surface area contributed by atoms with Gasteiger partial charge in [0.15, 0.2) is 0 Å². The molecule has 0 amide bonds. The summed E-state index contributed by atoms with van der Waals surface area (Å²) < 4.78 is 11.0. The fourth-order valence-electron chi connectivity index (χ4n) is 6.88. The lowest BCUT2D eigenvalue weighted by atomic mass is 10.0. The summed E-state index contributed by atoms with van der Waals surface area (Å²) in [6.45, 7) is 4.56. The van der Waals surface area contributed by atoms with E-state index < -0.39 is 0 Å². The Morgan fingerprint density at radius 1 is 0.353 bits per heavy atom. The van der Waals surface area contributed by atoms with Crippen LogP contribution in [0.2, 0.25) is 0 Å². The number of unbranched alkanes of at least 4 members (excludes halogenated alkanes) is 24. The number of carbonyl (C=O) groups excluding carboxylic acids is 2. The quantitative estimate of drug-likeness (QED) is 0.0413. The molecule has 0 bridgehead atoms. The summed E-state index contributed by atoms with van der Waals surface area (Å²) >= 11 is 0. The van der Waals surface area contributed by atoms with E-state index in [9.17, 15) is 9.59 Å². The largest absolute Gasteiger partial charge is 0.427 e. The van der Waals surface area contributed by atoms with Crippen molar-refractivity contribution in [1.29, 1.82) is 0 Å². The Bertz CT molecular complexity index is 1000. The maximum Gasteiger partial charge on any atom is 0.311 e. The van der Waals surface area contributed by atoms with E-state index >= 15 is 0 Å². The summed E-state index contributed by atoms with van der Waals surface area (Å²) in [5.74, 6) is 0.500. The topological polar surface area (TPSA) is 52.6 Å². The monoisotopic (exact) mass is 705 g/mol. The first-order valence-electron chi connectivity index (χ1n) is 21.7. The normalized spacial score (nSPS) is 11.2. The minimum absolute atomic E-state index is 0.188. The molecular formula is C47H76O4. The van der Waals surface area contributed by atoms with Gasteiger partial charge < -0.3 is 9.47 Å². The molecule has 0 aliphatic carbocycles. The second-order valence-corrected chi connectivity index (χ2v) is 15.1. The number of esters is 2. The molecule has 0 saturated heterocycles. The van der Waals surface area contributed by atoms with Gasteiger partial charge in [0.05, 0.1) is 0 Å². The first-order valence-corrected chi connectivity index (χ1v) is 21.7. The van der Waals surface area contributed by atoms with Crippen molar-refractivity contribution in [2.45, 2.75) is 213 Å².